The molecule has 1 aliphatic rings. The number of para-hydroxylation sites is 1. The maximum atomic E-state index is 3.58. The Bertz CT molecular complexity index is 3030. The maximum absolute atomic E-state index is 3.58. The molecular formula is C52H40N2. The predicted molar refractivity (Wildman–Crippen MR) is 230 cm³/mol. The summed E-state index contributed by atoms with van der Waals surface area (Å²) >= 11 is 0. The van der Waals surface area contributed by atoms with Gasteiger partial charge in [-0.2, -0.15) is 0 Å². The van der Waals surface area contributed by atoms with Gasteiger partial charge < -0.3 is 9.88 Å². The highest BCUT2D eigenvalue weighted by Gasteiger charge is 2.39. The molecule has 10 aromatic rings. The lowest BCUT2D eigenvalue weighted by Gasteiger charge is -2.26. The van der Waals surface area contributed by atoms with Crippen molar-refractivity contribution in [2.45, 2.75) is 32.2 Å². The van der Waals surface area contributed by atoms with Gasteiger partial charge in [-0.3, -0.25) is 0 Å². The Kier molecular flexibility index (Phi) is 6.75. The van der Waals surface area contributed by atoms with Gasteiger partial charge in [0.25, 0.3) is 0 Å². The smallest absolute Gasteiger partial charge is 0.0547 e. The van der Waals surface area contributed by atoms with E-state index in [9.17, 15) is 0 Å². The summed E-state index contributed by atoms with van der Waals surface area (Å²) in [6.07, 6.45) is 0. The first kappa shape index (κ1) is 31.3. The second-order valence-electron chi connectivity index (χ2n) is 15.9. The zero-order valence-electron chi connectivity index (χ0n) is 30.8. The average molecular weight is 693 g/mol. The van der Waals surface area contributed by atoms with Crippen LogP contribution in [0.5, 0.6) is 0 Å². The summed E-state index contributed by atoms with van der Waals surface area (Å²) in [5.74, 6) is 0. The van der Waals surface area contributed by atoms with Crippen molar-refractivity contribution in [1.29, 1.82) is 0 Å². The Morgan fingerprint density at radius 2 is 1.07 bits per heavy atom. The SMILES string of the molecule is Cc1ccc(-c2cc(-c3ccc(-n4c5ccccc5c5ccc(-c6ccccc6)cc54)cc3)c3ccc4cc(C(C)(C)C5CN5)cc5ccc2c3c54)cc1. The quantitative estimate of drug-likeness (QED) is 0.136. The number of rotatable bonds is 6. The number of aryl methyl sites for hydroxylation is 1. The molecule has 0 aliphatic carbocycles. The van der Waals surface area contributed by atoms with Gasteiger partial charge in [-0.05, 0) is 109 Å². The molecule has 1 unspecified atom stereocenters. The van der Waals surface area contributed by atoms with Gasteiger partial charge in [0.1, 0.15) is 0 Å². The fraction of sp³-hybridized carbons (Fsp3) is 0.115. The molecular weight excluding hydrogens is 653 g/mol. The van der Waals surface area contributed by atoms with Crippen LogP contribution in [0.2, 0.25) is 0 Å². The van der Waals surface area contributed by atoms with Crippen molar-refractivity contribution in [3.63, 3.8) is 0 Å². The van der Waals surface area contributed by atoms with Gasteiger partial charge in [0.2, 0.25) is 0 Å². The van der Waals surface area contributed by atoms with Crippen molar-refractivity contribution in [3.8, 4) is 39.1 Å². The van der Waals surface area contributed by atoms with E-state index < -0.39 is 0 Å². The monoisotopic (exact) mass is 692 g/mol. The number of nitrogens with one attached hydrogen (secondary N) is 1. The summed E-state index contributed by atoms with van der Waals surface area (Å²) in [5.41, 5.74) is 13.8. The van der Waals surface area contributed by atoms with Gasteiger partial charge in [-0.1, -0.05) is 153 Å². The Morgan fingerprint density at radius 1 is 0.500 bits per heavy atom. The Balaban J connectivity index is 1.12. The number of aromatic nitrogens is 1. The molecule has 11 rings (SSSR count). The molecule has 1 atom stereocenters. The predicted octanol–water partition coefficient (Wildman–Crippen LogP) is 13.2. The van der Waals surface area contributed by atoms with E-state index in [2.05, 4.69) is 194 Å². The zero-order valence-corrected chi connectivity index (χ0v) is 30.8. The minimum atomic E-state index is 0.0733. The van der Waals surface area contributed by atoms with Crippen LogP contribution in [-0.2, 0) is 5.41 Å². The molecule has 1 N–H and O–H groups in total. The molecule has 0 saturated carbocycles. The topological polar surface area (TPSA) is 26.9 Å². The van der Waals surface area contributed by atoms with Crippen LogP contribution >= 0.6 is 0 Å². The number of benzene rings is 9. The fourth-order valence-corrected chi connectivity index (χ4v) is 9.12. The van der Waals surface area contributed by atoms with Crippen molar-refractivity contribution in [3.05, 3.63) is 175 Å². The van der Waals surface area contributed by atoms with E-state index in [0.29, 0.717) is 6.04 Å². The van der Waals surface area contributed by atoms with Gasteiger partial charge in [0.15, 0.2) is 0 Å². The van der Waals surface area contributed by atoms with E-state index in [4.69, 9.17) is 0 Å². The van der Waals surface area contributed by atoms with Gasteiger partial charge in [0, 0.05) is 34.5 Å². The minimum Gasteiger partial charge on any atom is -0.310 e. The summed E-state index contributed by atoms with van der Waals surface area (Å²) in [7, 11) is 0. The third-order valence-corrected chi connectivity index (χ3v) is 12.3. The number of nitrogens with zero attached hydrogens (tertiary/aromatic N) is 1. The second kappa shape index (κ2) is 11.6. The molecule has 1 saturated heterocycles. The molecule has 0 amide bonds. The molecule has 1 aliphatic heterocycles. The van der Waals surface area contributed by atoms with Crippen LogP contribution in [0.3, 0.4) is 0 Å². The van der Waals surface area contributed by atoms with Crippen LogP contribution in [-0.4, -0.2) is 17.2 Å². The lowest BCUT2D eigenvalue weighted by molar-refractivity contribution is 0.513. The summed E-state index contributed by atoms with van der Waals surface area (Å²) in [4.78, 5) is 0. The van der Waals surface area contributed by atoms with Crippen LogP contribution in [0.4, 0.5) is 0 Å². The van der Waals surface area contributed by atoms with Crippen molar-refractivity contribution in [1.82, 2.24) is 9.88 Å². The zero-order chi connectivity index (χ0) is 36.1. The summed E-state index contributed by atoms with van der Waals surface area (Å²) in [6.45, 7) is 8.01. The van der Waals surface area contributed by atoms with Gasteiger partial charge in [-0.15, -0.1) is 0 Å². The second-order valence-corrected chi connectivity index (χ2v) is 15.9. The van der Waals surface area contributed by atoms with Crippen molar-refractivity contribution >= 4 is 54.1 Å². The molecule has 54 heavy (non-hydrogen) atoms. The molecule has 2 nitrogen and oxygen atoms in total. The van der Waals surface area contributed by atoms with Crippen LogP contribution in [0.1, 0.15) is 25.0 Å². The normalized spacial score (nSPS) is 14.6. The highest BCUT2D eigenvalue weighted by Crippen LogP contribution is 2.46. The average Bonchev–Trinajstić information content (AvgIpc) is 4.03. The highest BCUT2D eigenvalue weighted by atomic mass is 15.1. The number of hydrogen-bond acceptors (Lipinski definition) is 1. The lowest BCUT2D eigenvalue weighted by atomic mass is 9.78. The molecule has 258 valence electrons. The van der Waals surface area contributed by atoms with E-state index in [-0.39, 0.29) is 5.41 Å². The van der Waals surface area contributed by atoms with E-state index in [1.807, 2.05) is 0 Å². The van der Waals surface area contributed by atoms with Gasteiger partial charge in [0.05, 0.1) is 11.0 Å². The molecule has 2 heterocycles. The molecule has 0 radical (unpaired) electrons. The van der Waals surface area contributed by atoms with E-state index in [1.165, 1.54) is 98.6 Å². The first-order valence-corrected chi connectivity index (χ1v) is 19.2. The van der Waals surface area contributed by atoms with Crippen LogP contribution < -0.4 is 5.32 Å². The standard InChI is InChI=1S/C52H40N2/c1-32-13-15-34(16-14-32)45-30-46(44-26-21-38-28-39(52(2,3)49-31-53-49)27-37-20-25-43(45)51(44)50(37)38)35-17-22-40(23-18-35)54-47-12-8-7-11-41(47)42-24-19-36(29-48(42)54)33-9-5-4-6-10-33/h4-30,49,53H,31H2,1-3H3. The van der Waals surface area contributed by atoms with E-state index >= 15 is 0 Å². The van der Waals surface area contributed by atoms with Crippen molar-refractivity contribution in [2.75, 3.05) is 6.54 Å². The minimum absolute atomic E-state index is 0.0733. The molecule has 2 heteroatoms. The fourth-order valence-electron chi connectivity index (χ4n) is 9.12. The van der Waals surface area contributed by atoms with E-state index in [0.717, 1.165) is 12.2 Å². The Labute approximate surface area is 315 Å². The van der Waals surface area contributed by atoms with Crippen LogP contribution in [0.25, 0.3) is 93.2 Å². The maximum Gasteiger partial charge on any atom is 0.0547 e. The first-order valence-electron chi connectivity index (χ1n) is 19.2. The summed E-state index contributed by atoms with van der Waals surface area (Å²) in [6, 6.07) is 61.9. The van der Waals surface area contributed by atoms with Crippen molar-refractivity contribution < 1.29 is 0 Å². The third kappa shape index (κ3) is 4.77. The highest BCUT2D eigenvalue weighted by molar-refractivity contribution is 6.28. The third-order valence-electron chi connectivity index (χ3n) is 12.3. The lowest BCUT2D eigenvalue weighted by Crippen LogP contribution is -2.26. The Morgan fingerprint density at radius 3 is 1.74 bits per heavy atom. The molecule has 0 bridgehead atoms. The molecule has 1 aromatic heterocycles. The number of hydrogen-bond donors (Lipinski definition) is 1. The molecule has 0 spiro atoms. The van der Waals surface area contributed by atoms with Crippen LogP contribution in [0, 0.1) is 6.92 Å². The van der Waals surface area contributed by atoms with Crippen LogP contribution in [0.15, 0.2) is 164 Å². The van der Waals surface area contributed by atoms with Gasteiger partial charge in [-0.25, -0.2) is 0 Å². The first-order chi connectivity index (χ1) is 26.4. The number of fused-ring (bicyclic) bond motifs is 3. The van der Waals surface area contributed by atoms with Gasteiger partial charge >= 0.3 is 0 Å². The largest absolute Gasteiger partial charge is 0.310 e. The molecule has 9 aromatic carbocycles. The summed E-state index contributed by atoms with van der Waals surface area (Å²) in [5, 5.41) is 14.1. The molecule has 1 fully saturated rings. The van der Waals surface area contributed by atoms with Crippen molar-refractivity contribution in [2.24, 2.45) is 0 Å². The van der Waals surface area contributed by atoms with E-state index in [1.54, 1.807) is 0 Å². The Hall–Kier alpha value is -6.22. The summed E-state index contributed by atoms with van der Waals surface area (Å²) < 4.78 is 2.43.